The van der Waals surface area contributed by atoms with Gasteiger partial charge in [-0.15, -0.1) is 0 Å². The van der Waals surface area contributed by atoms with Gasteiger partial charge in [0.05, 0.1) is 11.3 Å². The average molecular weight is 251 g/mol. The van der Waals surface area contributed by atoms with E-state index in [9.17, 15) is 14.9 Å². The fourth-order valence-corrected chi connectivity index (χ4v) is 1.88. The second-order valence-electron chi connectivity index (χ2n) is 4.34. The van der Waals surface area contributed by atoms with Gasteiger partial charge in [-0.25, -0.2) is 0 Å². The van der Waals surface area contributed by atoms with E-state index in [0.717, 1.165) is 19.0 Å². The summed E-state index contributed by atoms with van der Waals surface area (Å²) >= 11 is 0. The van der Waals surface area contributed by atoms with Crippen LogP contribution in [0.5, 0.6) is 0 Å². The van der Waals surface area contributed by atoms with Crippen LogP contribution in [0.15, 0.2) is 18.5 Å². The van der Waals surface area contributed by atoms with Crippen molar-refractivity contribution in [1.29, 1.82) is 0 Å². The number of nitro groups is 1. The highest BCUT2D eigenvalue weighted by atomic mass is 16.6. The lowest BCUT2D eigenvalue weighted by Gasteiger charge is -2.17. The number of aliphatic carboxylic acids is 1. The molecule has 1 aliphatic rings. The van der Waals surface area contributed by atoms with Crippen molar-refractivity contribution < 1.29 is 14.8 Å². The maximum absolute atomic E-state index is 10.8. The number of carboxylic acid groups (broad SMARTS) is 1. The van der Waals surface area contributed by atoms with E-state index in [0.29, 0.717) is 5.69 Å². The van der Waals surface area contributed by atoms with Gasteiger partial charge < -0.3 is 10.4 Å². The molecule has 7 heteroatoms. The molecule has 2 N–H and O–H groups in total. The van der Waals surface area contributed by atoms with Crippen LogP contribution in [0.3, 0.4) is 0 Å². The Balaban J connectivity index is 2.15. The van der Waals surface area contributed by atoms with Crippen LogP contribution in [0.1, 0.15) is 19.3 Å². The molecule has 0 aliphatic heterocycles. The lowest BCUT2D eigenvalue weighted by atomic mass is 10.1. The molecular weight excluding hydrogens is 238 g/mol. The van der Waals surface area contributed by atoms with Crippen LogP contribution < -0.4 is 5.32 Å². The topological polar surface area (TPSA) is 105 Å². The molecule has 1 fully saturated rings. The van der Waals surface area contributed by atoms with Gasteiger partial charge in [-0.1, -0.05) is 0 Å². The van der Waals surface area contributed by atoms with Crippen molar-refractivity contribution in [2.75, 3.05) is 5.32 Å². The van der Waals surface area contributed by atoms with E-state index in [2.05, 4.69) is 10.3 Å². The molecule has 1 saturated carbocycles. The number of nitrogens with zero attached hydrogens (tertiary/aromatic N) is 2. The number of hydrogen-bond acceptors (Lipinski definition) is 5. The number of rotatable bonds is 6. The molecule has 2 rings (SSSR count). The Morgan fingerprint density at radius 1 is 1.67 bits per heavy atom. The van der Waals surface area contributed by atoms with Crippen molar-refractivity contribution in [3.05, 3.63) is 28.6 Å². The van der Waals surface area contributed by atoms with Gasteiger partial charge in [0.2, 0.25) is 0 Å². The van der Waals surface area contributed by atoms with Crippen molar-refractivity contribution >= 4 is 17.3 Å². The fraction of sp³-hybridized carbons (Fsp3) is 0.455. The molecule has 96 valence electrons. The molecular formula is C11H13N3O4. The number of carboxylic acids is 1. The molecule has 1 atom stereocenters. The number of anilines is 1. The van der Waals surface area contributed by atoms with Gasteiger partial charge in [0.25, 0.3) is 0 Å². The summed E-state index contributed by atoms with van der Waals surface area (Å²) in [7, 11) is 0. The zero-order valence-corrected chi connectivity index (χ0v) is 9.57. The first-order valence-corrected chi connectivity index (χ1v) is 5.64. The lowest BCUT2D eigenvalue weighted by Crippen LogP contribution is -2.25. The van der Waals surface area contributed by atoms with Crippen LogP contribution in [0.25, 0.3) is 0 Å². The third kappa shape index (κ3) is 2.93. The molecule has 0 saturated heterocycles. The standard InChI is InChI=1S/C11H13N3O4/c15-11(16)5-9(7-1-2-7)13-8-3-4-12-6-10(8)14(17)18/h3-4,6-7,9H,1-2,5H2,(H,12,13)(H,15,16). The molecule has 1 heterocycles. The van der Waals surface area contributed by atoms with Crippen molar-refractivity contribution in [1.82, 2.24) is 4.98 Å². The first-order valence-electron chi connectivity index (χ1n) is 5.64. The Morgan fingerprint density at radius 2 is 2.39 bits per heavy atom. The van der Waals surface area contributed by atoms with E-state index in [-0.39, 0.29) is 24.1 Å². The van der Waals surface area contributed by atoms with Crippen LogP contribution in [0, 0.1) is 16.0 Å². The molecule has 0 radical (unpaired) electrons. The van der Waals surface area contributed by atoms with Crippen LogP contribution in [-0.4, -0.2) is 27.0 Å². The van der Waals surface area contributed by atoms with Crippen molar-refractivity contribution in [2.45, 2.75) is 25.3 Å². The highest BCUT2D eigenvalue weighted by Gasteiger charge is 2.33. The predicted octanol–water partition coefficient (Wildman–Crippen LogP) is 1.66. The average Bonchev–Trinajstić information content (AvgIpc) is 3.11. The lowest BCUT2D eigenvalue weighted by molar-refractivity contribution is -0.384. The monoisotopic (exact) mass is 251 g/mol. The molecule has 18 heavy (non-hydrogen) atoms. The molecule has 0 amide bonds. The zero-order valence-electron chi connectivity index (χ0n) is 9.57. The van der Waals surface area contributed by atoms with Crippen LogP contribution in [0.2, 0.25) is 0 Å². The zero-order chi connectivity index (χ0) is 13.1. The van der Waals surface area contributed by atoms with Gasteiger partial charge >= 0.3 is 11.7 Å². The van der Waals surface area contributed by atoms with E-state index in [4.69, 9.17) is 5.11 Å². The Morgan fingerprint density at radius 3 is 2.94 bits per heavy atom. The van der Waals surface area contributed by atoms with Crippen molar-refractivity contribution in [2.24, 2.45) is 5.92 Å². The van der Waals surface area contributed by atoms with Gasteiger partial charge in [-0.3, -0.25) is 19.9 Å². The molecule has 0 bridgehead atoms. The molecule has 1 unspecified atom stereocenters. The SMILES string of the molecule is O=C(O)CC(Nc1ccncc1[N+](=O)[O-])C1CC1. The summed E-state index contributed by atoms with van der Waals surface area (Å²) in [5.74, 6) is -0.620. The van der Waals surface area contributed by atoms with Gasteiger partial charge in [0, 0.05) is 12.2 Å². The summed E-state index contributed by atoms with van der Waals surface area (Å²) in [6, 6.07) is 1.23. The first-order chi connectivity index (χ1) is 8.58. The molecule has 1 aromatic heterocycles. The van der Waals surface area contributed by atoms with E-state index in [1.165, 1.54) is 12.3 Å². The van der Waals surface area contributed by atoms with E-state index in [1.807, 2.05) is 0 Å². The van der Waals surface area contributed by atoms with E-state index >= 15 is 0 Å². The van der Waals surface area contributed by atoms with Crippen molar-refractivity contribution in [3.8, 4) is 0 Å². The van der Waals surface area contributed by atoms with Crippen LogP contribution in [-0.2, 0) is 4.79 Å². The number of aromatic nitrogens is 1. The smallest absolute Gasteiger partial charge is 0.310 e. The molecule has 0 spiro atoms. The van der Waals surface area contributed by atoms with Gasteiger partial charge in [0.1, 0.15) is 11.9 Å². The summed E-state index contributed by atoms with van der Waals surface area (Å²) in [6.45, 7) is 0. The summed E-state index contributed by atoms with van der Waals surface area (Å²) in [6.07, 6.45) is 4.49. The maximum Gasteiger partial charge on any atom is 0.310 e. The van der Waals surface area contributed by atoms with Crippen LogP contribution >= 0.6 is 0 Å². The summed E-state index contributed by atoms with van der Waals surface area (Å²) < 4.78 is 0. The number of nitrogens with one attached hydrogen (secondary N) is 1. The summed E-state index contributed by atoms with van der Waals surface area (Å²) in [5.41, 5.74) is 0.196. The van der Waals surface area contributed by atoms with E-state index in [1.54, 1.807) is 0 Å². The second kappa shape index (κ2) is 4.99. The van der Waals surface area contributed by atoms with Gasteiger partial charge in [0.15, 0.2) is 0 Å². The van der Waals surface area contributed by atoms with E-state index < -0.39 is 10.9 Å². The Labute approximate surface area is 103 Å². The number of carbonyl (C=O) groups is 1. The minimum absolute atomic E-state index is 0.0376. The van der Waals surface area contributed by atoms with Gasteiger partial charge in [-0.05, 0) is 24.8 Å². The fourth-order valence-electron chi connectivity index (χ4n) is 1.88. The highest BCUT2D eigenvalue weighted by Crippen LogP contribution is 2.37. The van der Waals surface area contributed by atoms with Gasteiger partial charge in [-0.2, -0.15) is 0 Å². The minimum Gasteiger partial charge on any atom is -0.481 e. The number of pyridine rings is 1. The largest absolute Gasteiger partial charge is 0.481 e. The number of hydrogen-bond donors (Lipinski definition) is 2. The molecule has 1 aromatic rings. The second-order valence-corrected chi connectivity index (χ2v) is 4.34. The van der Waals surface area contributed by atoms with Crippen molar-refractivity contribution in [3.63, 3.8) is 0 Å². The Kier molecular flexibility index (Phi) is 3.40. The first kappa shape index (κ1) is 12.3. The highest BCUT2D eigenvalue weighted by molar-refractivity contribution is 5.69. The molecule has 0 aromatic carbocycles. The Bertz CT molecular complexity index is 473. The summed E-state index contributed by atoms with van der Waals surface area (Å²) in [4.78, 5) is 24.8. The minimum atomic E-state index is -0.906. The molecule has 1 aliphatic carbocycles. The normalized spacial score (nSPS) is 16.0. The maximum atomic E-state index is 10.8. The predicted molar refractivity (Wildman–Crippen MR) is 63.3 cm³/mol. The third-order valence-corrected chi connectivity index (χ3v) is 2.92. The summed E-state index contributed by atoms with van der Waals surface area (Å²) in [5, 5.41) is 22.6. The quantitative estimate of drug-likeness (QED) is 0.588. The van der Waals surface area contributed by atoms with Crippen LogP contribution in [0.4, 0.5) is 11.4 Å². The third-order valence-electron chi connectivity index (χ3n) is 2.92. The Hall–Kier alpha value is -2.18. The molecule has 7 nitrogen and oxygen atoms in total.